The highest BCUT2D eigenvalue weighted by atomic mass is 32.2. The number of nitrogens with zero attached hydrogens (tertiary/aromatic N) is 4. The average molecular weight is 479 g/mol. The zero-order chi connectivity index (χ0) is 23.5. The monoisotopic (exact) mass is 478 g/mol. The number of nitrogens with one attached hydrogen (secondary N) is 2. The van der Waals surface area contributed by atoms with Gasteiger partial charge >= 0.3 is 11.9 Å². The van der Waals surface area contributed by atoms with Crippen LogP contribution in [0.2, 0.25) is 0 Å². The van der Waals surface area contributed by atoms with Gasteiger partial charge in [-0.2, -0.15) is 5.21 Å². The molecule has 0 bridgehead atoms. The van der Waals surface area contributed by atoms with Crippen molar-refractivity contribution in [2.75, 3.05) is 16.2 Å². The first-order valence-corrected chi connectivity index (χ1v) is 10.9. The molecule has 0 fully saturated rings. The van der Waals surface area contributed by atoms with Crippen LogP contribution in [0.15, 0.2) is 53.4 Å². The molecule has 32 heavy (non-hydrogen) atoms. The number of aliphatic carboxylic acids is 2. The van der Waals surface area contributed by atoms with Gasteiger partial charge in [-0.25, -0.2) is 17.9 Å². The Morgan fingerprint density at radius 3 is 2.47 bits per heavy atom. The predicted molar refractivity (Wildman–Crippen MR) is 116 cm³/mol. The van der Waals surface area contributed by atoms with Crippen molar-refractivity contribution in [1.82, 2.24) is 20.2 Å². The molecule has 0 aliphatic carbocycles. The maximum absolute atomic E-state index is 12.8. The van der Waals surface area contributed by atoms with Gasteiger partial charge in [-0.05, 0) is 61.6 Å². The molecule has 3 aromatic rings. The lowest BCUT2D eigenvalue weighted by atomic mass is 10.2. The van der Waals surface area contributed by atoms with Crippen LogP contribution in [-0.4, -0.2) is 63.4 Å². The number of rotatable bonds is 9. The number of sulfonamides is 1. The van der Waals surface area contributed by atoms with E-state index in [0.29, 0.717) is 11.4 Å². The number of aromatic amines is 1. The molecule has 12 nitrogen and oxygen atoms in total. The van der Waals surface area contributed by atoms with Gasteiger partial charge in [-0.15, -0.1) is 0 Å². The minimum atomic E-state index is -3.98. The van der Waals surface area contributed by atoms with Gasteiger partial charge in [0.1, 0.15) is 12.6 Å². The lowest BCUT2D eigenvalue weighted by molar-refractivity contribution is -0.138. The van der Waals surface area contributed by atoms with Crippen molar-refractivity contribution in [2.24, 2.45) is 0 Å². The van der Waals surface area contributed by atoms with E-state index in [9.17, 15) is 23.1 Å². The molecule has 1 unspecified atom stereocenters. The van der Waals surface area contributed by atoms with Crippen LogP contribution < -0.4 is 9.62 Å². The number of hydrogen-bond acceptors (Lipinski definition) is 8. The first-order chi connectivity index (χ1) is 15.1. The largest absolute Gasteiger partial charge is 0.480 e. The predicted octanol–water partition coefficient (Wildman–Crippen LogP) is 1.49. The summed E-state index contributed by atoms with van der Waals surface area (Å²) in [5, 5.41) is 28.0. The number of carbonyl (C=O) groups is 2. The molecule has 2 aromatic carbocycles. The first-order valence-electron chi connectivity index (χ1n) is 9.03. The maximum Gasteiger partial charge on any atom is 0.326 e. The second kappa shape index (κ2) is 9.15. The first kappa shape index (κ1) is 22.9. The number of carboxylic acid groups (broad SMARTS) is 2. The molecule has 0 amide bonds. The molecular formula is C18H18N6O6S2. The van der Waals surface area contributed by atoms with Gasteiger partial charge < -0.3 is 15.1 Å². The molecule has 0 radical (unpaired) electrons. The number of tetrazole rings is 1. The summed E-state index contributed by atoms with van der Waals surface area (Å²) < 4.78 is 29.5. The number of aromatic nitrogens is 4. The fraction of sp³-hybridized carbons (Fsp3) is 0.167. The second-order valence-electron chi connectivity index (χ2n) is 6.60. The Balaban J connectivity index is 1.84. The number of anilines is 2. The maximum atomic E-state index is 12.8. The molecule has 3 rings (SSSR count). The normalized spacial score (nSPS) is 12.2. The molecule has 0 spiro atoms. The molecule has 168 valence electrons. The van der Waals surface area contributed by atoms with E-state index in [1.807, 2.05) is 0 Å². The van der Waals surface area contributed by atoms with Crippen LogP contribution in [0, 0.1) is 4.77 Å². The summed E-state index contributed by atoms with van der Waals surface area (Å²) in [5.74, 6) is -2.39. The zero-order valence-corrected chi connectivity index (χ0v) is 18.2. The van der Waals surface area contributed by atoms with Gasteiger partial charge in [0.25, 0.3) is 10.0 Å². The van der Waals surface area contributed by atoms with E-state index in [0.717, 1.165) is 0 Å². The van der Waals surface area contributed by atoms with Gasteiger partial charge in [-0.3, -0.25) is 9.52 Å². The van der Waals surface area contributed by atoms with E-state index >= 15 is 0 Å². The topological polar surface area (TPSA) is 171 Å². The van der Waals surface area contributed by atoms with E-state index in [-0.39, 0.29) is 15.4 Å². The molecule has 1 aromatic heterocycles. The third-order valence-electron chi connectivity index (χ3n) is 4.44. The summed E-state index contributed by atoms with van der Waals surface area (Å²) >= 11 is 5.02. The van der Waals surface area contributed by atoms with Crippen molar-refractivity contribution in [3.05, 3.63) is 53.3 Å². The van der Waals surface area contributed by atoms with Crippen LogP contribution in [0.25, 0.3) is 5.69 Å². The Kier molecular flexibility index (Phi) is 6.55. The summed E-state index contributed by atoms with van der Waals surface area (Å²) in [5.41, 5.74) is 0.941. The van der Waals surface area contributed by atoms with Crippen LogP contribution in [0.1, 0.15) is 6.92 Å². The fourth-order valence-electron chi connectivity index (χ4n) is 2.82. The van der Waals surface area contributed by atoms with E-state index in [1.54, 1.807) is 6.07 Å². The summed E-state index contributed by atoms with van der Waals surface area (Å²) in [6.07, 6.45) is 0. The van der Waals surface area contributed by atoms with E-state index in [4.69, 9.17) is 17.3 Å². The van der Waals surface area contributed by atoms with Crippen molar-refractivity contribution in [3.8, 4) is 5.69 Å². The minimum absolute atomic E-state index is 0.0393. The molecular weight excluding hydrogens is 460 g/mol. The highest BCUT2D eigenvalue weighted by molar-refractivity contribution is 7.92. The third-order valence-corrected chi connectivity index (χ3v) is 6.08. The van der Waals surface area contributed by atoms with E-state index in [1.165, 1.54) is 59.0 Å². The van der Waals surface area contributed by atoms with Crippen LogP contribution in [0.4, 0.5) is 11.4 Å². The van der Waals surface area contributed by atoms with Gasteiger partial charge in [0.2, 0.25) is 4.77 Å². The highest BCUT2D eigenvalue weighted by Gasteiger charge is 2.23. The van der Waals surface area contributed by atoms with Crippen LogP contribution in [-0.2, 0) is 19.6 Å². The number of H-pyrrole nitrogens is 1. The Morgan fingerprint density at radius 1 is 1.22 bits per heavy atom. The molecule has 4 N–H and O–H groups in total. The third kappa shape index (κ3) is 5.09. The summed E-state index contributed by atoms with van der Waals surface area (Å²) in [7, 11) is -3.98. The molecule has 0 aliphatic rings. The number of benzene rings is 2. The van der Waals surface area contributed by atoms with Crippen LogP contribution in [0.3, 0.4) is 0 Å². The molecule has 14 heteroatoms. The van der Waals surface area contributed by atoms with Gasteiger partial charge in [0.05, 0.1) is 10.6 Å². The number of carboxylic acids is 2. The fourth-order valence-corrected chi connectivity index (χ4v) is 4.11. The Bertz CT molecular complexity index is 1300. The Hall–Kier alpha value is -3.78. The van der Waals surface area contributed by atoms with Gasteiger partial charge in [0, 0.05) is 11.4 Å². The summed E-state index contributed by atoms with van der Waals surface area (Å²) in [6, 6.07) is 10.5. The van der Waals surface area contributed by atoms with Crippen molar-refractivity contribution in [1.29, 1.82) is 0 Å². The summed E-state index contributed by atoms with van der Waals surface area (Å²) in [4.78, 5) is 23.5. The number of hydrogen-bond donors (Lipinski definition) is 4. The van der Waals surface area contributed by atoms with Crippen molar-refractivity contribution in [3.63, 3.8) is 0 Å². The zero-order valence-electron chi connectivity index (χ0n) is 16.5. The van der Waals surface area contributed by atoms with E-state index < -0.39 is 34.5 Å². The lowest BCUT2D eigenvalue weighted by Crippen LogP contribution is -2.42. The standard InChI is InChI=1S/C18H18N6O6S2/c1-11(17(27)28)23(10-16(25)26)13-7-5-12(6-8-13)20-32(29,30)15-4-2-3-14(9-15)24-18(31)19-21-22-24/h2-9,11,20H,10H2,1H3,(H,25,26)(H,27,28)(H,19,22,31). The van der Waals surface area contributed by atoms with Crippen molar-refractivity contribution >= 4 is 45.6 Å². The second-order valence-corrected chi connectivity index (χ2v) is 8.65. The van der Waals surface area contributed by atoms with Gasteiger partial charge in [-0.1, -0.05) is 16.4 Å². The quantitative estimate of drug-likeness (QED) is 0.330. The molecule has 0 saturated carbocycles. The van der Waals surface area contributed by atoms with E-state index in [2.05, 4.69) is 20.2 Å². The smallest absolute Gasteiger partial charge is 0.326 e. The molecule has 1 atom stereocenters. The molecule has 0 aliphatic heterocycles. The van der Waals surface area contributed by atoms with Crippen molar-refractivity contribution < 1.29 is 28.2 Å². The average Bonchev–Trinajstić information content (AvgIpc) is 3.18. The lowest BCUT2D eigenvalue weighted by Gasteiger charge is -2.27. The minimum Gasteiger partial charge on any atom is -0.480 e. The molecule has 1 heterocycles. The highest BCUT2D eigenvalue weighted by Crippen LogP contribution is 2.23. The molecule has 0 saturated heterocycles. The van der Waals surface area contributed by atoms with Crippen LogP contribution >= 0.6 is 12.2 Å². The van der Waals surface area contributed by atoms with Crippen molar-refractivity contribution in [2.45, 2.75) is 17.9 Å². The Morgan fingerprint density at radius 2 is 1.91 bits per heavy atom. The Labute approximate surface area is 187 Å². The SMILES string of the molecule is CC(C(=O)O)N(CC(=O)O)c1ccc(NS(=O)(=O)c2cccc(-n3[nH]nnc3=S)c2)cc1. The summed E-state index contributed by atoms with van der Waals surface area (Å²) in [6.45, 7) is 0.826. The van der Waals surface area contributed by atoms with Gasteiger partial charge in [0.15, 0.2) is 0 Å². The van der Waals surface area contributed by atoms with Crippen LogP contribution in [0.5, 0.6) is 0 Å².